The number of ketones is 2. The van der Waals surface area contributed by atoms with Crippen molar-refractivity contribution in [2.24, 2.45) is 11.8 Å². The van der Waals surface area contributed by atoms with Crippen molar-refractivity contribution < 1.29 is 9.59 Å². The highest BCUT2D eigenvalue weighted by molar-refractivity contribution is 6.03. The quantitative estimate of drug-likeness (QED) is 0.451. The first-order chi connectivity index (χ1) is 5.54. The van der Waals surface area contributed by atoms with E-state index in [0.29, 0.717) is 0 Å². The molecule has 0 saturated carbocycles. The van der Waals surface area contributed by atoms with Crippen LogP contribution >= 0.6 is 0 Å². The zero-order valence-electron chi connectivity index (χ0n) is 7.13. The summed E-state index contributed by atoms with van der Waals surface area (Å²) in [6.45, 7) is 3.20. The van der Waals surface area contributed by atoms with Crippen LogP contribution in [0.4, 0.5) is 0 Å². The summed E-state index contributed by atoms with van der Waals surface area (Å²) in [6, 6.07) is 0. The van der Waals surface area contributed by atoms with Crippen molar-refractivity contribution in [2.75, 3.05) is 0 Å². The molecule has 0 aliphatic carbocycles. The average Bonchev–Trinajstić information content (AvgIpc) is 2.12. The van der Waals surface area contributed by atoms with Crippen LogP contribution in [0.15, 0.2) is 0 Å². The minimum absolute atomic E-state index is 0.383. The highest BCUT2D eigenvalue weighted by Crippen LogP contribution is 2.12. The fraction of sp³-hybridized carbons (Fsp3) is 0.400. The highest BCUT2D eigenvalue weighted by Gasteiger charge is 2.23. The Bertz CT molecular complexity index is 245. The second-order valence-electron chi connectivity index (χ2n) is 2.59. The number of carbonyl (C=O) groups is 2. The monoisotopic (exact) mass is 162 g/mol. The average molecular weight is 162 g/mol. The molecule has 0 saturated heterocycles. The van der Waals surface area contributed by atoms with Gasteiger partial charge in [-0.1, -0.05) is 13.8 Å². The Hall–Kier alpha value is -1.54. The maximum atomic E-state index is 10.9. The van der Waals surface area contributed by atoms with Crippen molar-refractivity contribution in [1.29, 1.82) is 0 Å². The van der Waals surface area contributed by atoms with Gasteiger partial charge < -0.3 is 0 Å². The molecule has 0 aromatic heterocycles. The van der Waals surface area contributed by atoms with Crippen LogP contribution in [0.3, 0.4) is 0 Å². The fourth-order valence-electron chi connectivity index (χ4n) is 0.717. The Morgan fingerprint density at radius 3 is 1.42 bits per heavy atom. The first-order valence-electron chi connectivity index (χ1n) is 3.55. The van der Waals surface area contributed by atoms with Gasteiger partial charge in [-0.15, -0.1) is 12.8 Å². The third-order valence-electron chi connectivity index (χ3n) is 1.86. The molecule has 0 rings (SSSR count). The van der Waals surface area contributed by atoms with Gasteiger partial charge in [-0.05, 0) is 11.8 Å². The largest absolute Gasteiger partial charge is 0.285 e. The molecule has 0 amide bonds. The van der Waals surface area contributed by atoms with Gasteiger partial charge in [0, 0.05) is 11.8 Å². The molecule has 0 aromatic carbocycles. The van der Waals surface area contributed by atoms with E-state index in [4.69, 9.17) is 12.8 Å². The van der Waals surface area contributed by atoms with Gasteiger partial charge in [0.25, 0.3) is 0 Å². The molecule has 62 valence electrons. The van der Waals surface area contributed by atoms with Crippen molar-refractivity contribution in [3.05, 3.63) is 0 Å². The SMILES string of the molecule is C#CC(=O)C(C)C(C)C(=O)C#C. The first kappa shape index (κ1) is 10.5. The van der Waals surface area contributed by atoms with E-state index < -0.39 is 11.8 Å². The molecule has 0 heterocycles. The molecule has 0 aliphatic rings. The molecule has 0 radical (unpaired) electrons. The van der Waals surface area contributed by atoms with Gasteiger partial charge in [0.2, 0.25) is 11.6 Å². The standard InChI is InChI=1S/C10H10O2/c1-5-9(11)7(3)8(4)10(12)6-2/h1-2,7-8H,3-4H3. The molecular formula is C10H10O2. The maximum absolute atomic E-state index is 10.9. The molecule has 2 atom stereocenters. The molecule has 2 unspecified atom stereocenters. The zero-order valence-corrected chi connectivity index (χ0v) is 7.13. The third-order valence-corrected chi connectivity index (χ3v) is 1.86. The van der Waals surface area contributed by atoms with E-state index in [9.17, 15) is 9.59 Å². The van der Waals surface area contributed by atoms with Crippen molar-refractivity contribution in [1.82, 2.24) is 0 Å². The van der Waals surface area contributed by atoms with E-state index >= 15 is 0 Å². The smallest absolute Gasteiger partial charge is 0.208 e. The highest BCUT2D eigenvalue weighted by atomic mass is 16.1. The van der Waals surface area contributed by atoms with E-state index in [1.807, 2.05) is 11.8 Å². The summed E-state index contributed by atoms with van der Waals surface area (Å²) in [4.78, 5) is 21.8. The molecule has 0 aromatic rings. The third kappa shape index (κ3) is 2.25. The van der Waals surface area contributed by atoms with E-state index in [0.717, 1.165) is 0 Å². The summed E-state index contributed by atoms with van der Waals surface area (Å²) in [5.41, 5.74) is 0. The Balaban J connectivity index is 4.44. The van der Waals surface area contributed by atoms with Crippen molar-refractivity contribution in [2.45, 2.75) is 13.8 Å². The lowest BCUT2D eigenvalue weighted by Gasteiger charge is -2.11. The van der Waals surface area contributed by atoms with Crippen LogP contribution in [-0.4, -0.2) is 11.6 Å². The van der Waals surface area contributed by atoms with E-state index in [-0.39, 0.29) is 11.6 Å². The van der Waals surface area contributed by atoms with Gasteiger partial charge in [-0.3, -0.25) is 9.59 Å². The van der Waals surface area contributed by atoms with Crippen LogP contribution in [0, 0.1) is 36.5 Å². The van der Waals surface area contributed by atoms with Gasteiger partial charge >= 0.3 is 0 Å². The predicted octanol–water partition coefficient (Wildman–Crippen LogP) is 0.663. The number of hydrogen-bond acceptors (Lipinski definition) is 2. The molecule has 0 bridgehead atoms. The van der Waals surface area contributed by atoms with E-state index in [2.05, 4.69) is 0 Å². The van der Waals surface area contributed by atoms with E-state index in [1.54, 1.807) is 13.8 Å². The minimum Gasteiger partial charge on any atom is -0.285 e. The van der Waals surface area contributed by atoms with Crippen molar-refractivity contribution in [3.8, 4) is 24.7 Å². The van der Waals surface area contributed by atoms with Gasteiger partial charge in [0.05, 0.1) is 0 Å². The Morgan fingerprint density at radius 1 is 1.00 bits per heavy atom. The van der Waals surface area contributed by atoms with Crippen molar-refractivity contribution in [3.63, 3.8) is 0 Å². The summed E-state index contributed by atoms with van der Waals surface area (Å²) < 4.78 is 0. The van der Waals surface area contributed by atoms with Crippen LogP contribution in [0.5, 0.6) is 0 Å². The number of Topliss-reactive ketones (excluding diaryl/α,β-unsaturated/α-hetero) is 2. The fourth-order valence-corrected chi connectivity index (χ4v) is 0.717. The molecule has 0 N–H and O–H groups in total. The number of carbonyl (C=O) groups excluding carboxylic acids is 2. The first-order valence-corrected chi connectivity index (χ1v) is 3.55. The second kappa shape index (κ2) is 4.36. The van der Waals surface area contributed by atoms with Gasteiger partial charge in [-0.2, -0.15) is 0 Å². The summed E-state index contributed by atoms with van der Waals surface area (Å²) in [5, 5.41) is 0. The molecule has 2 heteroatoms. The Kier molecular flexibility index (Phi) is 3.80. The topological polar surface area (TPSA) is 34.1 Å². The van der Waals surface area contributed by atoms with E-state index in [1.165, 1.54) is 0 Å². The summed E-state index contributed by atoms with van der Waals surface area (Å²) in [6.07, 6.45) is 9.78. The van der Waals surface area contributed by atoms with Crippen LogP contribution in [-0.2, 0) is 9.59 Å². The number of hydrogen-bond donors (Lipinski definition) is 0. The van der Waals surface area contributed by atoms with Gasteiger partial charge in [-0.25, -0.2) is 0 Å². The molecule has 0 aliphatic heterocycles. The summed E-state index contributed by atoms with van der Waals surface area (Å²) in [5.74, 6) is 2.19. The van der Waals surface area contributed by atoms with Crippen molar-refractivity contribution >= 4 is 11.6 Å². The Labute approximate surface area is 72.3 Å². The van der Waals surface area contributed by atoms with Crippen LogP contribution < -0.4 is 0 Å². The minimum atomic E-state index is -0.487. The normalized spacial score (nSPS) is 13.7. The molecule has 12 heavy (non-hydrogen) atoms. The molecule has 0 fully saturated rings. The summed E-state index contributed by atoms with van der Waals surface area (Å²) >= 11 is 0. The molecule has 0 spiro atoms. The lowest BCUT2D eigenvalue weighted by Crippen LogP contribution is -2.23. The predicted molar refractivity (Wildman–Crippen MR) is 46.0 cm³/mol. The van der Waals surface area contributed by atoms with Crippen LogP contribution in [0.25, 0.3) is 0 Å². The lowest BCUT2D eigenvalue weighted by molar-refractivity contribution is -0.125. The van der Waals surface area contributed by atoms with Gasteiger partial charge in [0.15, 0.2) is 0 Å². The summed E-state index contributed by atoms with van der Waals surface area (Å²) in [7, 11) is 0. The molecule has 2 nitrogen and oxygen atoms in total. The Morgan fingerprint density at radius 2 is 1.25 bits per heavy atom. The van der Waals surface area contributed by atoms with Crippen LogP contribution in [0.1, 0.15) is 13.8 Å². The maximum Gasteiger partial charge on any atom is 0.208 e. The van der Waals surface area contributed by atoms with Gasteiger partial charge in [0.1, 0.15) is 0 Å². The molecular weight excluding hydrogens is 152 g/mol. The van der Waals surface area contributed by atoms with Crippen LogP contribution in [0.2, 0.25) is 0 Å². The zero-order chi connectivity index (χ0) is 9.72. The number of rotatable bonds is 3. The lowest BCUT2D eigenvalue weighted by atomic mass is 9.89. The number of terminal acetylenes is 2. The second-order valence-corrected chi connectivity index (χ2v) is 2.59.